The highest BCUT2D eigenvalue weighted by molar-refractivity contribution is 7.29. The van der Waals surface area contributed by atoms with E-state index in [2.05, 4.69) is 134 Å². The van der Waals surface area contributed by atoms with Crippen LogP contribution in [-0.2, 0) is 6.42 Å². The number of hydrogen-bond donors (Lipinski definition) is 0. The molecule has 0 aliphatic heterocycles. The number of allylic oxidation sites excluding steroid dienone is 1. The van der Waals surface area contributed by atoms with Crippen molar-refractivity contribution in [3.05, 3.63) is 137 Å². The average Bonchev–Trinajstić information content (AvgIpc) is 3.60. The summed E-state index contributed by atoms with van der Waals surface area (Å²) in [6, 6.07) is 43.6. The first-order valence-electron chi connectivity index (χ1n) is 15.0. The van der Waals surface area contributed by atoms with Crippen molar-refractivity contribution < 1.29 is 0 Å². The zero-order valence-corrected chi connectivity index (χ0v) is 25.5. The van der Waals surface area contributed by atoms with Crippen molar-refractivity contribution in [2.75, 3.05) is 0 Å². The van der Waals surface area contributed by atoms with Gasteiger partial charge in [0.1, 0.15) is 0 Å². The number of rotatable bonds is 3. The molecule has 0 unspecified atom stereocenters. The Balaban J connectivity index is 1.38. The fraction of sp³-hybridized carbons (Fsp3) is 0.0732. The fourth-order valence-corrected chi connectivity index (χ4v) is 9.29. The van der Waals surface area contributed by atoms with Gasteiger partial charge in [0.25, 0.3) is 0 Å². The van der Waals surface area contributed by atoms with E-state index < -0.39 is 0 Å². The Hall–Kier alpha value is -4.50. The molecule has 0 saturated carbocycles. The third-order valence-corrected chi connectivity index (χ3v) is 11.2. The maximum atomic E-state index is 2.45. The van der Waals surface area contributed by atoms with Crippen LogP contribution in [0.5, 0.6) is 0 Å². The zero-order chi connectivity index (χ0) is 28.5. The van der Waals surface area contributed by atoms with Crippen molar-refractivity contribution in [3.8, 4) is 32.7 Å². The summed E-state index contributed by atoms with van der Waals surface area (Å²) in [6.07, 6.45) is 6.86. The molecule has 2 heteroatoms. The summed E-state index contributed by atoms with van der Waals surface area (Å²) in [4.78, 5) is 2.71. The molecule has 43 heavy (non-hydrogen) atoms. The minimum Gasteiger partial charge on any atom is -0.140 e. The van der Waals surface area contributed by atoms with E-state index in [1.54, 1.807) is 0 Å². The van der Waals surface area contributed by atoms with Crippen LogP contribution in [0, 0.1) is 6.92 Å². The predicted molar refractivity (Wildman–Crippen MR) is 191 cm³/mol. The molecule has 1 aliphatic carbocycles. The molecule has 2 heterocycles. The van der Waals surface area contributed by atoms with Crippen LogP contribution >= 0.6 is 22.7 Å². The lowest BCUT2D eigenvalue weighted by atomic mass is 9.84. The van der Waals surface area contributed by atoms with E-state index >= 15 is 0 Å². The number of aryl methyl sites for hydroxylation is 2. The summed E-state index contributed by atoms with van der Waals surface area (Å²) in [5.74, 6) is 0. The Labute approximate surface area is 259 Å². The molecule has 0 radical (unpaired) electrons. The highest BCUT2D eigenvalue weighted by Gasteiger charge is 2.19. The Morgan fingerprint density at radius 1 is 0.535 bits per heavy atom. The van der Waals surface area contributed by atoms with Crippen LogP contribution in [0.2, 0.25) is 0 Å². The maximum Gasteiger partial charge on any atom is 0.0459 e. The van der Waals surface area contributed by atoms with E-state index in [4.69, 9.17) is 0 Å². The van der Waals surface area contributed by atoms with Crippen molar-refractivity contribution >= 4 is 70.5 Å². The molecule has 0 saturated heterocycles. The molecule has 0 nitrogen and oxygen atoms in total. The minimum atomic E-state index is 1.12. The maximum absolute atomic E-state index is 2.45. The van der Waals surface area contributed by atoms with Crippen molar-refractivity contribution in [2.45, 2.75) is 19.8 Å². The molecule has 6 aromatic carbocycles. The molecule has 0 fully saturated rings. The molecule has 204 valence electrons. The van der Waals surface area contributed by atoms with Crippen LogP contribution in [0.25, 0.3) is 80.5 Å². The molecule has 9 rings (SSSR count). The topological polar surface area (TPSA) is 0 Å². The smallest absolute Gasteiger partial charge is 0.0459 e. The predicted octanol–water partition coefficient (Wildman–Crippen LogP) is 12.7. The summed E-state index contributed by atoms with van der Waals surface area (Å²) < 4.78 is 2.77. The van der Waals surface area contributed by atoms with Gasteiger partial charge in [-0.1, -0.05) is 97.1 Å². The van der Waals surface area contributed by atoms with Gasteiger partial charge in [-0.25, -0.2) is 0 Å². The van der Waals surface area contributed by atoms with Gasteiger partial charge in [0.2, 0.25) is 0 Å². The molecule has 0 amide bonds. The lowest BCUT2D eigenvalue weighted by Gasteiger charge is -2.20. The molecule has 1 aliphatic rings. The van der Waals surface area contributed by atoms with Crippen molar-refractivity contribution in [3.63, 3.8) is 0 Å². The van der Waals surface area contributed by atoms with Crippen LogP contribution in [0.15, 0.2) is 121 Å². The summed E-state index contributed by atoms with van der Waals surface area (Å²) in [7, 11) is 0. The highest BCUT2D eigenvalue weighted by atomic mass is 32.1. The van der Waals surface area contributed by atoms with Gasteiger partial charge in [-0.05, 0) is 121 Å². The molecule has 0 N–H and O–H groups in total. The van der Waals surface area contributed by atoms with E-state index in [1.807, 2.05) is 22.7 Å². The molecule has 2 aromatic heterocycles. The van der Waals surface area contributed by atoms with Gasteiger partial charge in [0.15, 0.2) is 0 Å². The van der Waals surface area contributed by atoms with Gasteiger partial charge in [-0.15, -0.1) is 22.7 Å². The summed E-state index contributed by atoms with van der Waals surface area (Å²) in [6.45, 7) is 2.20. The van der Waals surface area contributed by atoms with E-state index in [1.165, 1.54) is 90.4 Å². The molecular formula is C41H28S2. The van der Waals surface area contributed by atoms with Gasteiger partial charge in [-0.3, -0.25) is 0 Å². The third-order valence-electron chi connectivity index (χ3n) is 8.99. The molecular weight excluding hydrogens is 557 g/mol. The number of fused-ring (bicyclic) bond motifs is 5. The van der Waals surface area contributed by atoms with Gasteiger partial charge in [0.05, 0.1) is 0 Å². The monoisotopic (exact) mass is 584 g/mol. The van der Waals surface area contributed by atoms with E-state index in [-0.39, 0.29) is 0 Å². The fourth-order valence-electron chi connectivity index (χ4n) is 6.98. The Morgan fingerprint density at radius 2 is 1.23 bits per heavy atom. The van der Waals surface area contributed by atoms with E-state index in [0.29, 0.717) is 0 Å². The lowest BCUT2D eigenvalue weighted by molar-refractivity contribution is 0.986. The van der Waals surface area contributed by atoms with Gasteiger partial charge in [-0.2, -0.15) is 0 Å². The second kappa shape index (κ2) is 9.77. The average molecular weight is 585 g/mol. The zero-order valence-electron chi connectivity index (χ0n) is 23.9. The van der Waals surface area contributed by atoms with Crippen LogP contribution < -0.4 is 0 Å². The second-order valence-electron chi connectivity index (χ2n) is 11.7. The van der Waals surface area contributed by atoms with Crippen LogP contribution in [-0.4, -0.2) is 0 Å². The first-order valence-corrected chi connectivity index (χ1v) is 16.6. The minimum absolute atomic E-state index is 1.12. The van der Waals surface area contributed by atoms with E-state index in [0.717, 1.165) is 12.8 Å². The molecule has 0 bridgehead atoms. The Bertz CT molecular complexity index is 2380. The molecule has 0 atom stereocenters. The van der Waals surface area contributed by atoms with Crippen LogP contribution in [0.4, 0.5) is 0 Å². The van der Waals surface area contributed by atoms with Crippen LogP contribution in [0.3, 0.4) is 0 Å². The van der Waals surface area contributed by atoms with Gasteiger partial charge < -0.3 is 0 Å². The first kappa shape index (κ1) is 25.0. The summed E-state index contributed by atoms with van der Waals surface area (Å²) in [5.41, 5.74) is 9.28. The van der Waals surface area contributed by atoms with Gasteiger partial charge in [0, 0.05) is 19.2 Å². The Morgan fingerprint density at radius 3 is 2.09 bits per heavy atom. The standard InChI is InChI=1S/C41H28S2/c1-25-20-38-39(42-25)24-37(43-38)30-18-19-35-36(23-30)41(32-17-15-27-9-3-5-11-29(27)22-32)34-13-7-6-12-33(34)40(35)31-16-14-26-8-2-4-10-28(26)21-31/h3-7,9-24H,2,8H2,1H3. The van der Waals surface area contributed by atoms with E-state index in [9.17, 15) is 0 Å². The SMILES string of the molecule is Cc1cc2sc(-c3ccc4c(-c5ccc6c(c5)C=CCC6)c5ccccc5c(-c5ccc6ccccc6c5)c4c3)cc2s1. The number of thiophene rings is 2. The normalized spacial score (nSPS) is 13.0. The second-order valence-corrected chi connectivity index (χ2v) is 14.0. The first-order chi connectivity index (χ1) is 21.2. The third kappa shape index (κ3) is 4.09. The number of hydrogen-bond acceptors (Lipinski definition) is 2. The number of benzene rings is 6. The quantitative estimate of drug-likeness (QED) is 0.181. The summed E-state index contributed by atoms with van der Waals surface area (Å²) >= 11 is 3.80. The Kier molecular flexibility index (Phi) is 5.69. The lowest BCUT2D eigenvalue weighted by Crippen LogP contribution is -1.96. The van der Waals surface area contributed by atoms with Crippen LogP contribution in [0.1, 0.15) is 22.4 Å². The van der Waals surface area contributed by atoms with Gasteiger partial charge >= 0.3 is 0 Å². The van der Waals surface area contributed by atoms with Crippen molar-refractivity contribution in [1.29, 1.82) is 0 Å². The van der Waals surface area contributed by atoms with Crippen molar-refractivity contribution in [2.24, 2.45) is 0 Å². The van der Waals surface area contributed by atoms with Crippen molar-refractivity contribution in [1.82, 2.24) is 0 Å². The largest absolute Gasteiger partial charge is 0.140 e. The molecule has 8 aromatic rings. The molecule has 0 spiro atoms. The highest BCUT2D eigenvalue weighted by Crippen LogP contribution is 2.47. The summed E-state index contributed by atoms with van der Waals surface area (Å²) in [5, 5.41) is 7.76.